The van der Waals surface area contributed by atoms with E-state index in [9.17, 15) is 0 Å². The van der Waals surface area contributed by atoms with Crippen molar-refractivity contribution in [3.63, 3.8) is 0 Å². The number of nitrogens with zero attached hydrogens (tertiary/aromatic N) is 1. The number of hydrogen-bond donors (Lipinski definition) is 0. The summed E-state index contributed by atoms with van der Waals surface area (Å²) in [7, 11) is 0. The molecule has 72 valence electrons. The van der Waals surface area contributed by atoms with Crippen LogP contribution in [0.5, 0.6) is 0 Å². The molecule has 0 aliphatic heterocycles. The highest BCUT2D eigenvalue weighted by Gasteiger charge is 1.94. The Hall–Kier alpha value is -1.63. The topological polar surface area (TPSA) is 12.9 Å². The van der Waals surface area contributed by atoms with Crippen LogP contribution >= 0.6 is 0 Å². The van der Waals surface area contributed by atoms with E-state index in [1.807, 2.05) is 56.5 Å². The number of pyridine rings is 1. The van der Waals surface area contributed by atoms with Gasteiger partial charge in [0.2, 0.25) is 0 Å². The van der Waals surface area contributed by atoms with E-state index < -0.39 is 0 Å². The first-order chi connectivity index (χ1) is 6.88. The Morgan fingerprint density at radius 3 is 2.64 bits per heavy atom. The van der Waals surface area contributed by atoms with Gasteiger partial charge in [0.15, 0.2) is 0 Å². The van der Waals surface area contributed by atoms with Gasteiger partial charge in [0.1, 0.15) is 0 Å². The van der Waals surface area contributed by atoms with Crippen molar-refractivity contribution in [2.45, 2.75) is 13.8 Å². The maximum Gasteiger partial charge on any atom is 0.0698 e. The van der Waals surface area contributed by atoms with Crippen LogP contribution in [0.1, 0.15) is 19.5 Å². The second-order valence-electron chi connectivity index (χ2n) is 2.84. The predicted octanol–water partition coefficient (Wildman–Crippen LogP) is 3.62. The van der Waals surface area contributed by atoms with Gasteiger partial charge in [0, 0.05) is 6.20 Å². The van der Waals surface area contributed by atoms with Crippen molar-refractivity contribution in [1.82, 2.24) is 4.98 Å². The molecular formula is C13H15N. The van der Waals surface area contributed by atoms with Gasteiger partial charge >= 0.3 is 0 Å². The molecule has 1 nitrogen and oxygen atoms in total. The maximum atomic E-state index is 4.29. The minimum absolute atomic E-state index is 1.01. The molecule has 0 unspecified atom stereocenters. The van der Waals surface area contributed by atoms with E-state index in [1.165, 1.54) is 0 Å². The normalized spacial score (nSPS) is 12.9. The van der Waals surface area contributed by atoms with Crippen LogP contribution < -0.4 is 0 Å². The highest BCUT2D eigenvalue weighted by molar-refractivity contribution is 5.71. The Kier molecular flexibility index (Phi) is 4.42. The van der Waals surface area contributed by atoms with Gasteiger partial charge in [-0.25, -0.2) is 0 Å². The molecule has 1 heterocycles. The molecule has 1 heteroatoms. The third-order valence-corrected chi connectivity index (χ3v) is 1.85. The Balaban J connectivity index is 2.85. The molecule has 0 bridgehead atoms. The molecule has 0 radical (unpaired) electrons. The fourth-order valence-electron chi connectivity index (χ4n) is 1.13. The van der Waals surface area contributed by atoms with E-state index in [4.69, 9.17) is 0 Å². The Bertz CT molecular complexity index is 345. The minimum atomic E-state index is 1.01. The lowest BCUT2D eigenvalue weighted by Gasteiger charge is -1.98. The molecule has 1 aromatic rings. The van der Waals surface area contributed by atoms with Gasteiger partial charge < -0.3 is 0 Å². The fraction of sp³-hybridized carbons (Fsp3) is 0.154. The van der Waals surface area contributed by atoms with Crippen molar-refractivity contribution in [2.75, 3.05) is 0 Å². The molecule has 0 aliphatic carbocycles. The van der Waals surface area contributed by atoms with Crippen LogP contribution in [0.25, 0.3) is 5.57 Å². The molecule has 0 amide bonds. The summed E-state index contributed by atoms with van der Waals surface area (Å²) in [5.74, 6) is 0. The van der Waals surface area contributed by atoms with Crippen LogP contribution in [-0.4, -0.2) is 4.98 Å². The summed E-state index contributed by atoms with van der Waals surface area (Å²) in [4.78, 5) is 4.29. The lowest BCUT2D eigenvalue weighted by Crippen LogP contribution is -1.83. The smallest absolute Gasteiger partial charge is 0.0698 e. The Morgan fingerprint density at radius 1 is 1.21 bits per heavy atom. The van der Waals surface area contributed by atoms with Gasteiger partial charge in [0.05, 0.1) is 5.69 Å². The summed E-state index contributed by atoms with van der Waals surface area (Å²) in [6, 6.07) is 5.93. The quantitative estimate of drug-likeness (QED) is 0.655. The summed E-state index contributed by atoms with van der Waals surface area (Å²) in [5, 5.41) is 0. The predicted molar refractivity (Wildman–Crippen MR) is 61.8 cm³/mol. The van der Waals surface area contributed by atoms with Gasteiger partial charge in [-0.05, 0) is 31.6 Å². The molecule has 1 rings (SSSR count). The highest BCUT2D eigenvalue weighted by Crippen LogP contribution is 2.12. The average Bonchev–Trinajstić information content (AvgIpc) is 2.26. The van der Waals surface area contributed by atoms with Gasteiger partial charge in [-0.2, -0.15) is 0 Å². The second kappa shape index (κ2) is 5.92. The summed E-state index contributed by atoms with van der Waals surface area (Å²) in [5.41, 5.74) is 2.15. The standard InChI is InChI=1S/C13H15N/c1-3-5-6-9-12(4-2)13-10-7-8-11-14-13/h3-11H,1-2H3/b5-3-,9-6-,12-4+. The van der Waals surface area contributed by atoms with E-state index in [1.54, 1.807) is 0 Å². The molecule has 0 aromatic carbocycles. The first-order valence-electron chi connectivity index (χ1n) is 4.75. The zero-order valence-electron chi connectivity index (χ0n) is 8.64. The van der Waals surface area contributed by atoms with Gasteiger partial charge in [-0.1, -0.05) is 36.4 Å². The molecular weight excluding hydrogens is 170 g/mol. The summed E-state index contributed by atoms with van der Waals surface area (Å²) < 4.78 is 0. The van der Waals surface area contributed by atoms with E-state index in [0.717, 1.165) is 11.3 Å². The third-order valence-electron chi connectivity index (χ3n) is 1.85. The van der Waals surface area contributed by atoms with E-state index in [-0.39, 0.29) is 0 Å². The SMILES string of the molecule is C\C=C/C=C\C(=C/C)c1ccccn1. The first kappa shape index (κ1) is 10.5. The molecule has 1 aromatic heterocycles. The van der Waals surface area contributed by atoms with E-state index >= 15 is 0 Å². The minimum Gasteiger partial charge on any atom is -0.256 e. The Labute approximate surface area is 85.5 Å². The average molecular weight is 185 g/mol. The van der Waals surface area contributed by atoms with Crippen molar-refractivity contribution < 1.29 is 0 Å². The third kappa shape index (κ3) is 3.02. The molecule has 0 fully saturated rings. The lowest BCUT2D eigenvalue weighted by molar-refractivity contribution is 1.28. The van der Waals surface area contributed by atoms with Gasteiger partial charge in [-0.15, -0.1) is 0 Å². The maximum absolute atomic E-state index is 4.29. The Morgan fingerprint density at radius 2 is 2.07 bits per heavy atom. The van der Waals surface area contributed by atoms with Crippen molar-refractivity contribution >= 4 is 5.57 Å². The zero-order valence-corrected chi connectivity index (χ0v) is 8.64. The second-order valence-corrected chi connectivity index (χ2v) is 2.84. The van der Waals surface area contributed by atoms with Crippen LogP contribution in [-0.2, 0) is 0 Å². The van der Waals surface area contributed by atoms with E-state index in [0.29, 0.717) is 0 Å². The van der Waals surface area contributed by atoms with Crippen LogP contribution in [0.4, 0.5) is 0 Å². The molecule has 0 spiro atoms. The van der Waals surface area contributed by atoms with Gasteiger partial charge in [0.25, 0.3) is 0 Å². The molecule has 14 heavy (non-hydrogen) atoms. The van der Waals surface area contributed by atoms with Crippen LogP contribution in [0.15, 0.2) is 54.8 Å². The van der Waals surface area contributed by atoms with Crippen molar-refractivity contribution in [2.24, 2.45) is 0 Å². The number of rotatable bonds is 3. The van der Waals surface area contributed by atoms with Crippen LogP contribution in [0.2, 0.25) is 0 Å². The monoisotopic (exact) mass is 185 g/mol. The summed E-state index contributed by atoms with van der Waals surface area (Å²) in [6.45, 7) is 4.02. The molecule has 0 saturated carbocycles. The molecule has 0 saturated heterocycles. The molecule has 0 N–H and O–H groups in total. The largest absolute Gasteiger partial charge is 0.256 e. The summed E-state index contributed by atoms with van der Waals surface area (Å²) >= 11 is 0. The van der Waals surface area contributed by atoms with Crippen molar-refractivity contribution in [3.05, 3.63) is 60.5 Å². The van der Waals surface area contributed by atoms with Crippen molar-refractivity contribution in [3.8, 4) is 0 Å². The number of aromatic nitrogens is 1. The van der Waals surface area contributed by atoms with Crippen molar-refractivity contribution in [1.29, 1.82) is 0 Å². The van der Waals surface area contributed by atoms with Gasteiger partial charge in [-0.3, -0.25) is 4.98 Å². The van der Waals surface area contributed by atoms with Crippen LogP contribution in [0, 0.1) is 0 Å². The highest BCUT2D eigenvalue weighted by atomic mass is 14.7. The fourth-order valence-corrected chi connectivity index (χ4v) is 1.13. The van der Waals surface area contributed by atoms with E-state index in [2.05, 4.69) is 17.1 Å². The zero-order chi connectivity index (χ0) is 10.2. The van der Waals surface area contributed by atoms with Crippen LogP contribution in [0.3, 0.4) is 0 Å². The molecule has 0 atom stereocenters. The number of allylic oxidation sites excluding steroid dienone is 6. The molecule has 0 aliphatic rings. The number of hydrogen-bond acceptors (Lipinski definition) is 1. The lowest BCUT2D eigenvalue weighted by atomic mass is 10.1. The summed E-state index contributed by atoms with van der Waals surface area (Å²) in [6.07, 6.45) is 12.0. The first-order valence-corrected chi connectivity index (χ1v) is 4.75.